The van der Waals surface area contributed by atoms with E-state index < -0.39 is 0 Å². The zero-order valence-electron chi connectivity index (χ0n) is 14.6. The summed E-state index contributed by atoms with van der Waals surface area (Å²) < 4.78 is 0. The Hall–Kier alpha value is -1.55. The Morgan fingerprint density at radius 2 is 1.85 bits per heavy atom. The van der Waals surface area contributed by atoms with Gasteiger partial charge in [-0.05, 0) is 48.6 Å². The highest BCUT2D eigenvalue weighted by molar-refractivity contribution is 6.30. The van der Waals surface area contributed by atoms with Gasteiger partial charge in [0, 0.05) is 24.0 Å². The molecule has 0 bridgehead atoms. The lowest BCUT2D eigenvalue weighted by atomic mass is 9.89. The molecule has 0 spiro atoms. The van der Waals surface area contributed by atoms with Crippen LogP contribution in [0.15, 0.2) is 54.6 Å². The molecule has 1 saturated carbocycles. The highest BCUT2D eigenvalue weighted by atomic mass is 35.5. The van der Waals surface area contributed by atoms with Crippen molar-refractivity contribution in [1.29, 1.82) is 0 Å². The molecule has 1 amide bonds. The van der Waals surface area contributed by atoms with Crippen molar-refractivity contribution in [2.24, 2.45) is 11.7 Å². The summed E-state index contributed by atoms with van der Waals surface area (Å²) in [7, 11) is 0. The number of rotatable bonds is 4. The molecular formula is C21H24Cl2N2O. The monoisotopic (exact) mass is 390 g/mol. The minimum absolute atomic E-state index is 0. The molecule has 2 fully saturated rings. The van der Waals surface area contributed by atoms with E-state index in [1.807, 2.05) is 35.2 Å². The van der Waals surface area contributed by atoms with Crippen molar-refractivity contribution in [2.45, 2.75) is 24.2 Å². The van der Waals surface area contributed by atoms with Crippen molar-refractivity contribution >= 4 is 29.9 Å². The Bertz CT molecular complexity index is 777. The van der Waals surface area contributed by atoms with Gasteiger partial charge in [-0.15, -0.1) is 12.4 Å². The summed E-state index contributed by atoms with van der Waals surface area (Å²) in [6.07, 6.45) is 1.82. The standard InChI is InChI=1S/C21H23ClN2O.ClH/c22-18-8-4-7-17(11-18)21(9-10-21)20(25)24-13-16(12-23)19(14-24)15-5-2-1-3-6-15;/h1-8,11,16,19H,9-10,12-14,23H2;1H/t16-,19+;/m1./s1. The van der Waals surface area contributed by atoms with Gasteiger partial charge in [0.2, 0.25) is 5.91 Å². The number of nitrogens with zero attached hydrogens (tertiary/aromatic N) is 1. The molecule has 26 heavy (non-hydrogen) atoms. The summed E-state index contributed by atoms with van der Waals surface area (Å²) in [6, 6.07) is 18.2. The van der Waals surface area contributed by atoms with E-state index >= 15 is 0 Å². The molecule has 2 N–H and O–H groups in total. The Labute approximate surface area is 165 Å². The fourth-order valence-electron chi connectivity index (χ4n) is 4.19. The molecule has 1 heterocycles. The summed E-state index contributed by atoms with van der Waals surface area (Å²) in [6.45, 7) is 2.11. The van der Waals surface area contributed by atoms with E-state index in [4.69, 9.17) is 17.3 Å². The SMILES string of the molecule is Cl.NC[C@@H]1CN(C(=O)C2(c3cccc(Cl)c3)CC2)C[C@H]1c1ccccc1. The lowest BCUT2D eigenvalue weighted by Crippen LogP contribution is -2.38. The molecule has 2 aromatic rings. The highest BCUT2D eigenvalue weighted by Gasteiger charge is 2.54. The number of halogens is 2. The summed E-state index contributed by atoms with van der Waals surface area (Å²) >= 11 is 6.15. The molecule has 2 aromatic carbocycles. The summed E-state index contributed by atoms with van der Waals surface area (Å²) in [4.78, 5) is 15.4. The lowest BCUT2D eigenvalue weighted by molar-refractivity contribution is -0.133. The van der Waals surface area contributed by atoms with Crippen LogP contribution in [0.4, 0.5) is 0 Å². The van der Waals surface area contributed by atoms with E-state index in [1.165, 1.54) is 5.56 Å². The number of likely N-dealkylation sites (tertiary alicyclic amines) is 1. The van der Waals surface area contributed by atoms with Crippen LogP contribution in [-0.4, -0.2) is 30.4 Å². The van der Waals surface area contributed by atoms with Crippen LogP contribution in [0.5, 0.6) is 0 Å². The number of benzene rings is 2. The molecule has 2 atom stereocenters. The normalized spacial score (nSPS) is 23.4. The van der Waals surface area contributed by atoms with Crippen molar-refractivity contribution in [3.8, 4) is 0 Å². The summed E-state index contributed by atoms with van der Waals surface area (Å²) in [5, 5.41) is 0.694. The third-order valence-electron chi connectivity index (χ3n) is 5.80. The molecule has 3 nitrogen and oxygen atoms in total. The average Bonchev–Trinajstić information content (AvgIpc) is 3.34. The van der Waals surface area contributed by atoms with Gasteiger partial charge in [0.25, 0.3) is 0 Å². The molecule has 1 aliphatic heterocycles. The third-order valence-corrected chi connectivity index (χ3v) is 6.03. The molecule has 0 unspecified atom stereocenters. The largest absolute Gasteiger partial charge is 0.341 e. The number of carbonyl (C=O) groups is 1. The molecule has 0 aromatic heterocycles. The van der Waals surface area contributed by atoms with Crippen LogP contribution in [0.2, 0.25) is 5.02 Å². The molecular weight excluding hydrogens is 367 g/mol. The van der Waals surface area contributed by atoms with Crippen LogP contribution >= 0.6 is 24.0 Å². The molecule has 138 valence electrons. The molecule has 4 rings (SSSR count). The topological polar surface area (TPSA) is 46.3 Å². The number of hydrogen-bond acceptors (Lipinski definition) is 2. The maximum absolute atomic E-state index is 13.3. The second kappa shape index (κ2) is 7.59. The quantitative estimate of drug-likeness (QED) is 0.857. The Morgan fingerprint density at radius 1 is 1.12 bits per heavy atom. The number of carbonyl (C=O) groups excluding carboxylic acids is 1. The second-order valence-corrected chi connectivity index (χ2v) is 7.75. The van der Waals surface area contributed by atoms with E-state index in [9.17, 15) is 4.79 Å². The van der Waals surface area contributed by atoms with Crippen molar-refractivity contribution in [2.75, 3.05) is 19.6 Å². The van der Waals surface area contributed by atoms with Gasteiger partial charge in [0.05, 0.1) is 5.41 Å². The van der Waals surface area contributed by atoms with Crippen LogP contribution in [-0.2, 0) is 10.2 Å². The molecule has 2 aliphatic rings. The first-order valence-corrected chi connectivity index (χ1v) is 9.32. The van der Waals surface area contributed by atoms with Gasteiger partial charge >= 0.3 is 0 Å². The average molecular weight is 391 g/mol. The van der Waals surface area contributed by atoms with E-state index in [0.717, 1.165) is 31.5 Å². The second-order valence-electron chi connectivity index (χ2n) is 7.32. The maximum atomic E-state index is 13.3. The van der Waals surface area contributed by atoms with Crippen molar-refractivity contribution < 1.29 is 4.79 Å². The van der Waals surface area contributed by atoms with Gasteiger partial charge < -0.3 is 10.6 Å². The maximum Gasteiger partial charge on any atom is 0.233 e. The molecule has 0 radical (unpaired) electrons. The van der Waals surface area contributed by atoms with Gasteiger partial charge in [-0.2, -0.15) is 0 Å². The predicted molar refractivity (Wildman–Crippen MR) is 108 cm³/mol. The number of hydrogen-bond donors (Lipinski definition) is 1. The lowest BCUT2D eigenvalue weighted by Gasteiger charge is -2.24. The van der Waals surface area contributed by atoms with Crippen LogP contribution in [0.1, 0.15) is 29.9 Å². The zero-order chi connectivity index (χ0) is 17.4. The van der Waals surface area contributed by atoms with Gasteiger partial charge in [0.1, 0.15) is 0 Å². The van der Waals surface area contributed by atoms with Crippen molar-refractivity contribution in [3.05, 3.63) is 70.7 Å². The van der Waals surface area contributed by atoms with Crippen molar-refractivity contribution in [1.82, 2.24) is 4.90 Å². The zero-order valence-corrected chi connectivity index (χ0v) is 16.2. The van der Waals surface area contributed by atoms with Gasteiger partial charge in [0.15, 0.2) is 0 Å². The number of amides is 1. The van der Waals surface area contributed by atoms with Crippen molar-refractivity contribution in [3.63, 3.8) is 0 Å². The first-order chi connectivity index (χ1) is 12.1. The Kier molecular flexibility index (Phi) is 5.61. The van der Waals surface area contributed by atoms with Gasteiger partial charge in [-0.25, -0.2) is 0 Å². The van der Waals surface area contributed by atoms with E-state index in [0.29, 0.717) is 23.4 Å². The fourth-order valence-corrected chi connectivity index (χ4v) is 4.38. The molecule has 1 saturated heterocycles. The third kappa shape index (κ3) is 3.36. The van der Waals surface area contributed by atoms with Crippen LogP contribution in [0, 0.1) is 5.92 Å². The predicted octanol–water partition coefficient (Wildman–Crippen LogP) is 3.99. The van der Waals surface area contributed by atoms with E-state index in [-0.39, 0.29) is 23.7 Å². The van der Waals surface area contributed by atoms with Gasteiger partial charge in [-0.1, -0.05) is 54.1 Å². The van der Waals surface area contributed by atoms with Crippen LogP contribution in [0.25, 0.3) is 0 Å². The molecule has 1 aliphatic carbocycles. The Morgan fingerprint density at radius 3 is 2.46 bits per heavy atom. The Balaban J connectivity index is 0.00000196. The summed E-state index contributed by atoms with van der Waals surface area (Å²) in [5.74, 6) is 0.887. The fraction of sp³-hybridized carbons (Fsp3) is 0.381. The van der Waals surface area contributed by atoms with Crippen LogP contribution in [0.3, 0.4) is 0 Å². The smallest absolute Gasteiger partial charge is 0.233 e. The van der Waals surface area contributed by atoms with E-state index in [1.54, 1.807) is 0 Å². The van der Waals surface area contributed by atoms with Gasteiger partial charge in [-0.3, -0.25) is 4.79 Å². The number of nitrogens with two attached hydrogens (primary N) is 1. The molecule has 5 heteroatoms. The first-order valence-electron chi connectivity index (χ1n) is 8.94. The van der Waals surface area contributed by atoms with E-state index in [2.05, 4.69) is 24.3 Å². The van der Waals surface area contributed by atoms with Crippen LogP contribution < -0.4 is 5.73 Å². The summed E-state index contributed by atoms with van der Waals surface area (Å²) in [5.41, 5.74) is 7.99. The minimum Gasteiger partial charge on any atom is -0.341 e. The first kappa shape index (κ1) is 19.2. The highest BCUT2D eigenvalue weighted by Crippen LogP contribution is 2.51. The minimum atomic E-state index is -0.365.